The van der Waals surface area contributed by atoms with Crippen LogP contribution in [0.1, 0.15) is 41.0 Å². The van der Waals surface area contributed by atoms with Crippen molar-refractivity contribution < 1.29 is 9.59 Å². The molecule has 1 atom stereocenters. The number of hydrogen-bond donors (Lipinski definition) is 1. The molecule has 2 amide bonds. The van der Waals surface area contributed by atoms with Crippen molar-refractivity contribution in [3.05, 3.63) is 34.3 Å². The van der Waals surface area contributed by atoms with Crippen LogP contribution in [0, 0.1) is 0 Å². The van der Waals surface area contributed by atoms with Crippen molar-refractivity contribution in [2.75, 3.05) is 18.0 Å². The normalized spacial score (nSPS) is 20.8. The summed E-state index contributed by atoms with van der Waals surface area (Å²) in [7, 11) is 0. The number of nitrogens with zero attached hydrogens (tertiary/aromatic N) is 3. The molecule has 7 heteroatoms. The zero-order valence-electron chi connectivity index (χ0n) is 13.4. The van der Waals surface area contributed by atoms with Crippen LogP contribution in [0.25, 0.3) is 0 Å². The maximum absolute atomic E-state index is 13.2. The summed E-state index contributed by atoms with van der Waals surface area (Å²) in [5, 5.41) is 8.96. The van der Waals surface area contributed by atoms with Gasteiger partial charge in [-0.25, -0.2) is 0 Å². The van der Waals surface area contributed by atoms with Crippen LogP contribution in [0.5, 0.6) is 0 Å². The largest absolute Gasteiger partial charge is 0.326 e. The van der Waals surface area contributed by atoms with Gasteiger partial charge in [0.15, 0.2) is 0 Å². The second kappa shape index (κ2) is 6.39. The fourth-order valence-corrected chi connectivity index (χ4v) is 4.32. The van der Waals surface area contributed by atoms with Crippen molar-refractivity contribution in [1.29, 1.82) is 0 Å². The van der Waals surface area contributed by atoms with Crippen LogP contribution in [0.4, 0.5) is 5.69 Å². The minimum atomic E-state index is -0.366. The van der Waals surface area contributed by atoms with Gasteiger partial charge in [0.25, 0.3) is 5.91 Å². The predicted octanol–water partition coefficient (Wildman–Crippen LogP) is 2.45. The lowest BCUT2D eigenvalue weighted by atomic mass is 9.99. The number of thiophene rings is 1. The molecule has 2 aromatic rings. The van der Waals surface area contributed by atoms with E-state index in [4.69, 9.17) is 0 Å². The van der Waals surface area contributed by atoms with Crippen molar-refractivity contribution in [1.82, 2.24) is 15.1 Å². The molecular weight excluding hydrogens is 324 g/mol. The van der Waals surface area contributed by atoms with E-state index in [9.17, 15) is 9.59 Å². The van der Waals surface area contributed by atoms with E-state index in [0.717, 1.165) is 43.5 Å². The van der Waals surface area contributed by atoms with Crippen LogP contribution >= 0.6 is 11.3 Å². The SMILES string of the molecule is O=C([C@H]1CCCCN1C(=O)c1cccs1)N1CCCc2[nH]ncc21. The number of rotatable bonds is 2. The molecular formula is C17H20N4O2S. The third-order valence-electron chi connectivity index (χ3n) is 4.84. The number of aromatic amines is 1. The molecule has 2 aliphatic rings. The van der Waals surface area contributed by atoms with Crippen LogP contribution < -0.4 is 4.90 Å². The van der Waals surface area contributed by atoms with Crippen LogP contribution in [0.3, 0.4) is 0 Å². The number of aryl methyl sites for hydroxylation is 1. The highest BCUT2D eigenvalue weighted by molar-refractivity contribution is 7.12. The predicted molar refractivity (Wildman–Crippen MR) is 92.3 cm³/mol. The van der Waals surface area contributed by atoms with E-state index in [2.05, 4.69) is 10.2 Å². The Kier molecular flexibility index (Phi) is 4.10. The van der Waals surface area contributed by atoms with Gasteiger partial charge in [0.2, 0.25) is 5.91 Å². The Morgan fingerprint density at radius 1 is 1.25 bits per heavy atom. The van der Waals surface area contributed by atoms with Gasteiger partial charge in [-0.15, -0.1) is 11.3 Å². The molecule has 0 saturated carbocycles. The average molecular weight is 344 g/mol. The Labute approximate surface area is 144 Å². The van der Waals surface area contributed by atoms with Gasteiger partial charge in [0, 0.05) is 13.1 Å². The highest BCUT2D eigenvalue weighted by Gasteiger charge is 2.37. The van der Waals surface area contributed by atoms with Gasteiger partial charge >= 0.3 is 0 Å². The first kappa shape index (κ1) is 15.4. The first-order chi connectivity index (χ1) is 11.8. The summed E-state index contributed by atoms with van der Waals surface area (Å²) in [6.07, 6.45) is 6.24. The van der Waals surface area contributed by atoms with Gasteiger partial charge in [-0.1, -0.05) is 6.07 Å². The number of hydrogen-bond acceptors (Lipinski definition) is 4. The molecule has 4 heterocycles. The Morgan fingerprint density at radius 2 is 2.17 bits per heavy atom. The summed E-state index contributed by atoms with van der Waals surface area (Å²) < 4.78 is 0. The second-order valence-corrected chi connectivity index (χ2v) is 7.26. The lowest BCUT2D eigenvalue weighted by molar-refractivity contribution is -0.124. The smallest absolute Gasteiger partial charge is 0.264 e. The second-order valence-electron chi connectivity index (χ2n) is 6.31. The van der Waals surface area contributed by atoms with Gasteiger partial charge in [-0.2, -0.15) is 5.10 Å². The molecule has 1 saturated heterocycles. The lowest BCUT2D eigenvalue weighted by Gasteiger charge is -2.38. The summed E-state index contributed by atoms with van der Waals surface area (Å²) in [5.41, 5.74) is 1.89. The number of nitrogens with one attached hydrogen (secondary N) is 1. The van der Waals surface area contributed by atoms with E-state index in [-0.39, 0.29) is 17.9 Å². The molecule has 24 heavy (non-hydrogen) atoms. The monoisotopic (exact) mass is 344 g/mol. The van der Waals surface area contributed by atoms with Gasteiger partial charge in [0.05, 0.1) is 22.5 Å². The molecule has 0 bridgehead atoms. The maximum atomic E-state index is 13.2. The van der Waals surface area contributed by atoms with E-state index in [1.807, 2.05) is 22.4 Å². The fourth-order valence-electron chi connectivity index (χ4n) is 3.64. The van der Waals surface area contributed by atoms with Gasteiger partial charge in [-0.3, -0.25) is 14.7 Å². The Bertz CT molecular complexity index is 740. The van der Waals surface area contributed by atoms with E-state index >= 15 is 0 Å². The number of likely N-dealkylation sites (tertiary alicyclic amines) is 1. The zero-order valence-corrected chi connectivity index (χ0v) is 14.2. The van der Waals surface area contributed by atoms with E-state index in [0.29, 0.717) is 18.0 Å². The van der Waals surface area contributed by atoms with Crippen molar-refractivity contribution in [2.45, 2.75) is 38.1 Å². The maximum Gasteiger partial charge on any atom is 0.264 e. The molecule has 0 aliphatic carbocycles. The first-order valence-corrected chi connectivity index (χ1v) is 9.32. The highest BCUT2D eigenvalue weighted by atomic mass is 32.1. The molecule has 0 radical (unpaired) electrons. The van der Waals surface area contributed by atoms with Gasteiger partial charge in [0.1, 0.15) is 6.04 Å². The highest BCUT2D eigenvalue weighted by Crippen LogP contribution is 2.29. The van der Waals surface area contributed by atoms with Crippen LogP contribution in [-0.2, 0) is 11.2 Å². The zero-order chi connectivity index (χ0) is 16.5. The summed E-state index contributed by atoms with van der Waals surface area (Å²) in [6, 6.07) is 3.34. The van der Waals surface area contributed by atoms with Gasteiger partial charge in [-0.05, 0) is 43.6 Å². The third-order valence-corrected chi connectivity index (χ3v) is 5.70. The topological polar surface area (TPSA) is 69.3 Å². The number of carbonyl (C=O) groups excluding carboxylic acids is 2. The molecule has 2 aliphatic heterocycles. The first-order valence-electron chi connectivity index (χ1n) is 8.44. The number of anilines is 1. The quantitative estimate of drug-likeness (QED) is 0.910. The molecule has 0 aromatic carbocycles. The van der Waals surface area contributed by atoms with Crippen molar-refractivity contribution in [3.8, 4) is 0 Å². The van der Waals surface area contributed by atoms with Crippen molar-refractivity contribution >= 4 is 28.8 Å². The number of fused-ring (bicyclic) bond motifs is 1. The molecule has 1 fully saturated rings. The van der Waals surface area contributed by atoms with Crippen molar-refractivity contribution in [2.24, 2.45) is 0 Å². The Hall–Kier alpha value is -2.15. The standard InChI is InChI=1S/C17H20N4O2S/c22-16(21-9-3-5-12-14(21)11-18-19-12)13-6-1-2-8-20(13)17(23)15-7-4-10-24-15/h4,7,10-11,13H,1-3,5-6,8-9H2,(H,18,19)/t13-/m1/s1. The summed E-state index contributed by atoms with van der Waals surface area (Å²) in [6.45, 7) is 1.35. The van der Waals surface area contributed by atoms with Gasteiger partial charge < -0.3 is 9.80 Å². The van der Waals surface area contributed by atoms with Crippen LogP contribution in [0.2, 0.25) is 0 Å². The molecule has 6 nitrogen and oxygen atoms in total. The number of carbonyl (C=O) groups is 2. The molecule has 2 aromatic heterocycles. The van der Waals surface area contributed by atoms with E-state index in [1.54, 1.807) is 11.1 Å². The van der Waals surface area contributed by atoms with Crippen molar-refractivity contribution in [3.63, 3.8) is 0 Å². The molecule has 1 N–H and O–H groups in total. The number of H-pyrrole nitrogens is 1. The van der Waals surface area contributed by atoms with Crippen LogP contribution in [0.15, 0.2) is 23.7 Å². The fraction of sp³-hybridized carbons (Fsp3) is 0.471. The summed E-state index contributed by atoms with van der Waals surface area (Å²) >= 11 is 1.43. The van der Waals surface area contributed by atoms with E-state index < -0.39 is 0 Å². The lowest BCUT2D eigenvalue weighted by Crippen LogP contribution is -2.54. The Balaban J connectivity index is 1.59. The number of piperidine rings is 1. The summed E-state index contributed by atoms with van der Waals surface area (Å²) in [4.78, 5) is 30.3. The third kappa shape index (κ3) is 2.62. The average Bonchev–Trinajstić information content (AvgIpc) is 3.31. The number of amides is 2. The molecule has 0 spiro atoms. The molecule has 0 unspecified atom stereocenters. The summed E-state index contributed by atoms with van der Waals surface area (Å²) in [5.74, 6) is 0.00873. The Morgan fingerprint density at radius 3 is 3.00 bits per heavy atom. The minimum absolute atomic E-state index is 0.0209. The van der Waals surface area contributed by atoms with Crippen LogP contribution in [-0.4, -0.2) is 46.0 Å². The minimum Gasteiger partial charge on any atom is -0.326 e. The molecule has 126 valence electrons. The molecule has 4 rings (SSSR count). The van der Waals surface area contributed by atoms with E-state index in [1.165, 1.54) is 11.3 Å². The number of aromatic nitrogens is 2.